The maximum Gasteiger partial charge on any atom is 0.253 e. The van der Waals surface area contributed by atoms with Crippen LogP contribution in [-0.4, -0.2) is 36.9 Å². The van der Waals surface area contributed by atoms with Crippen LogP contribution in [0.4, 0.5) is 5.69 Å². The van der Waals surface area contributed by atoms with E-state index in [2.05, 4.69) is 5.32 Å². The second-order valence-electron chi connectivity index (χ2n) is 5.29. The van der Waals surface area contributed by atoms with Gasteiger partial charge in [-0.1, -0.05) is 17.7 Å². The third-order valence-electron chi connectivity index (χ3n) is 3.29. The first-order valence-electron chi connectivity index (χ1n) is 7.47. The highest BCUT2D eigenvalue weighted by Crippen LogP contribution is 2.17. The minimum absolute atomic E-state index is 0.112. The van der Waals surface area contributed by atoms with Crippen molar-refractivity contribution >= 4 is 29.1 Å². The molecule has 0 saturated carbocycles. The van der Waals surface area contributed by atoms with E-state index in [9.17, 15) is 9.59 Å². The molecule has 0 saturated heterocycles. The van der Waals surface area contributed by atoms with E-state index in [1.807, 2.05) is 12.1 Å². The summed E-state index contributed by atoms with van der Waals surface area (Å²) in [6, 6.07) is 13.9. The Hall–Kier alpha value is -2.53. The number of hydrogen-bond donors (Lipinski definition) is 1. The summed E-state index contributed by atoms with van der Waals surface area (Å²) in [5.74, 6) is 0.409. The van der Waals surface area contributed by atoms with Crippen molar-refractivity contribution in [1.82, 2.24) is 4.90 Å². The molecule has 2 amide bonds. The second-order valence-corrected chi connectivity index (χ2v) is 5.73. The van der Waals surface area contributed by atoms with Gasteiger partial charge in [-0.2, -0.15) is 0 Å². The Morgan fingerprint density at radius 1 is 1.17 bits per heavy atom. The second kappa shape index (κ2) is 8.36. The summed E-state index contributed by atoms with van der Waals surface area (Å²) >= 11 is 5.89. The molecule has 6 heteroatoms. The van der Waals surface area contributed by atoms with Crippen LogP contribution in [0.2, 0.25) is 5.02 Å². The molecule has 24 heavy (non-hydrogen) atoms. The Kier molecular flexibility index (Phi) is 6.21. The Morgan fingerprint density at radius 2 is 1.88 bits per heavy atom. The van der Waals surface area contributed by atoms with Gasteiger partial charge in [-0.15, -0.1) is 0 Å². The van der Waals surface area contributed by atoms with Crippen molar-refractivity contribution in [3.63, 3.8) is 0 Å². The van der Waals surface area contributed by atoms with Crippen molar-refractivity contribution in [3.05, 3.63) is 59.1 Å². The number of benzene rings is 2. The van der Waals surface area contributed by atoms with E-state index in [4.69, 9.17) is 16.3 Å². The quantitative estimate of drug-likeness (QED) is 0.871. The molecule has 126 valence electrons. The third-order valence-corrected chi connectivity index (χ3v) is 3.53. The van der Waals surface area contributed by atoms with Crippen molar-refractivity contribution < 1.29 is 14.3 Å². The largest absolute Gasteiger partial charge is 0.492 e. The van der Waals surface area contributed by atoms with Gasteiger partial charge in [0.05, 0.1) is 6.54 Å². The van der Waals surface area contributed by atoms with Gasteiger partial charge in [-0.3, -0.25) is 9.59 Å². The zero-order valence-electron chi connectivity index (χ0n) is 13.6. The van der Waals surface area contributed by atoms with E-state index in [1.54, 1.807) is 48.3 Å². The summed E-state index contributed by atoms with van der Waals surface area (Å²) in [6.45, 7) is 2.25. The summed E-state index contributed by atoms with van der Waals surface area (Å²) in [4.78, 5) is 24.9. The summed E-state index contributed by atoms with van der Waals surface area (Å²) in [5, 5.41) is 3.27. The molecule has 0 atom stereocenters. The number of likely N-dealkylation sites (N-methyl/N-ethyl adjacent to an activating group) is 1. The molecule has 2 rings (SSSR count). The standard InChI is InChI=1S/C18H19ClN2O3/c1-13(22)20-16-8-6-14(7-9-16)18(23)21(2)10-11-24-17-5-3-4-15(19)12-17/h3-9,12H,10-11H2,1-2H3,(H,20,22). The summed E-state index contributed by atoms with van der Waals surface area (Å²) in [6.07, 6.45) is 0. The highest BCUT2D eigenvalue weighted by atomic mass is 35.5. The predicted octanol–water partition coefficient (Wildman–Crippen LogP) is 3.45. The average molecular weight is 347 g/mol. The lowest BCUT2D eigenvalue weighted by Gasteiger charge is -2.18. The molecule has 2 aromatic carbocycles. The lowest BCUT2D eigenvalue weighted by molar-refractivity contribution is -0.114. The Balaban J connectivity index is 1.86. The maximum atomic E-state index is 12.3. The number of hydrogen-bond acceptors (Lipinski definition) is 3. The Morgan fingerprint density at radius 3 is 2.50 bits per heavy atom. The molecule has 1 N–H and O–H groups in total. The van der Waals surface area contributed by atoms with Gasteiger partial charge < -0.3 is 15.0 Å². The molecule has 0 spiro atoms. The highest BCUT2D eigenvalue weighted by molar-refractivity contribution is 6.30. The van der Waals surface area contributed by atoms with Crippen molar-refractivity contribution in [2.24, 2.45) is 0 Å². The normalized spacial score (nSPS) is 10.1. The fourth-order valence-electron chi connectivity index (χ4n) is 2.08. The lowest BCUT2D eigenvalue weighted by atomic mass is 10.2. The molecule has 2 aromatic rings. The van der Waals surface area contributed by atoms with Crippen LogP contribution in [0.25, 0.3) is 0 Å². The fourth-order valence-corrected chi connectivity index (χ4v) is 2.26. The minimum atomic E-state index is -0.149. The molecule has 0 heterocycles. The zero-order chi connectivity index (χ0) is 17.5. The Labute approximate surface area is 146 Å². The number of carbonyl (C=O) groups is 2. The van der Waals surface area contributed by atoms with Gasteiger partial charge in [-0.25, -0.2) is 0 Å². The van der Waals surface area contributed by atoms with Crippen molar-refractivity contribution in [1.29, 1.82) is 0 Å². The Bertz CT molecular complexity index is 716. The number of halogens is 1. The van der Waals surface area contributed by atoms with Crippen LogP contribution < -0.4 is 10.1 Å². The number of nitrogens with zero attached hydrogens (tertiary/aromatic N) is 1. The molecule has 5 nitrogen and oxygen atoms in total. The molecular formula is C18H19ClN2O3. The third kappa shape index (κ3) is 5.28. The van der Waals surface area contributed by atoms with Crippen LogP contribution in [0.1, 0.15) is 17.3 Å². The monoisotopic (exact) mass is 346 g/mol. The molecule has 0 fully saturated rings. The van der Waals surface area contributed by atoms with Crippen LogP contribution >= 0.6 is 11.6 Å². The van der Waals surface area contributed by atoms with Crippen LogP contribution in [0.15, 0.2) is 48.5 Å². The van der Waals surface area contributed by atoms with Crippen LogP contribution in [-0.2, 0) is 4.79 Å². The van der Waals surface area contributed by atoms with Gasteiger partial charge in [-0.05, 0) is 42.5 Å². The SMILES string of the molecule is CC(=O)Nc1ccc(C(=O)N(C)CCOc2cccc(Cl)c2)cc1. The summed E-state index contributed by atoms with van der Waals surface area (Å²) < 4.78 is 5.58. The van der Waals surface area contributed by atoms with E-state index in [0.717, 1.165) is 0 Å². The first-order valence-corrected chi connectivity index (χ1v) is 7.85. The predicted molar refractivity (Wildman–Crippen MR) is 94.7 cm³/mol. The molecule has 0 aliphatic carbocycles. The minimum Gasteiger partial charge on any atom is -0.492 e. The molecule has 0 radical (unpaired) electrons. The number of rotatable bonds is 6. The number of anilines is 1. The van der Waals surface area contributed by atoms with Gasteiger partial charge in [0.2, 0.25) is 5.91 Å². The zero-order valence-corrected chi connectivity index (χ0v) is 14.3. The topological polar surface area (TPSA) is 58.6 Å². The number of ether oxygens (including phenoxy) is 1. The average Bonchev–Trinajstić information content (AvgIpc) is 2.54. The fraction of sp³-hybridized carbons (Fsp3) is 0.222. The van der Waals surface area contributed by atoms with Gasteiger partial charge in [0, 0.05) is 30.2 Å². The van der Waals surface area contributed by atoms with Gasteiger partial charge >= 0.3 is 0 Å². The molecule has 0 unspecified atom stereocenters. The van der Waals surface area contributed by atoms with E-state index in [1.165, 1.54) is 6.92 Å². The van der Waals surface area contributed by atoms with E-state index < -0.39 is 0 Å². The van der Waals surface area contributed by atoms with E-state index >= 15 is 0 Å². The van der Waals surface area contributed by atoms with Gasteiger partial charge in [0.1, 0.15) is 12.4 Å². The first kappa shape index (κ1) is 17.8. The maximum absolute atomic E-state index is 12.3. The number of nitrogens with one attached hydrogen (secondary N) is 1. The molecule has 0 bridgehead atoms. The van der Waals surface area contributed by atoms with Gasteiger partial charge in [0.25, 0.3) is 5.91 Å². The smallest absolute Gasteiger partial charge is 0.253 e. The number of carbonyl (C=O) groups excluding carboxylic acids is 2. The lowest BCUT2D eigenvalue weighted by Crippen LogP contribution is -2.30. The molecule has 0 aliphatic rings. The molecular weight excluding hydrogens is 328 g/mol. The van der Waals surface area contributed by atoms with Crippen molar-refractivity contribution in [2.45, 2.75) is 6.92 Å². The van der Waals surface area contributed by atoms with Crippen LogP contribution in [0.5, 0.6) is 5.75 Å². The number of amides is 2. The van der Waals surface area contributed by atoms with Crippen molar-refractivity contribution in [2.75, 3.05) is 25.5 Å². The highest BCUT2D eigenvalue weighted by Gasteiger charge is 2.11. The van der Waals surface area contributed by atoms with Gasteiger partial charge in [0.15, 0.2) is 0 Å². The van der Waals surface area contributed by atoms with Crippen LogP contribution in [0.3, 0.4) is 0 Å². The summed E-state index contributed by atoms with van der Waals surface area (Å²) in [7, 11) is 1.71. The van der Waals surface area contributed by atoms with E-state index in [-0.39, 0.29) is 11.8 Å². The van der Waals surface area contributed by atoms with E-state index in [0.29, 0.717) is 35.2 Å². The molecule has 0 aliphatic heterocycles. The van der Waals surface area contributed by atoms with Crippen molar-refractivity contribution in [3.8, 4) is 5.75 Å². The van der Waals surface area contributed by atoms with Crippen LogP contribution in [0, 0.1) is 0 Å². The molecule has 0 aromatic heterocycles. The summed E-state index contributed by atoms with van der Waals surface area (Å²) in [5.41, 5.74) is 1.21. The first-order chi connectivity index (χ1) is 11.5.